The van der Waals surface area contributed by atoms with Crippen molar-refractivity contribution in [2.75, 3.05) is 12.0 Å². The number of rotatable bonds is 5. The maximum atomic E-state index is 12.5. The van der Waals surface area contributed by atoms with Gasteiger partial charge in [0.1, 0.15) is 0 Å². The minimum Gasteiger partial charge on any atom is -0.352 e. The van der Waals surface area contributed by atoms with Crippen LogP contribution in [0.2, 0.25) is 0 Å². The smallest absolute Gasteiger partial charge is 0.352 e. The second kappa shape index (κ2) is 9.00. The first-order valence-electron chi connectivity index (χ1n) is 6.46. The molecule has 1 atom stereocenters. The van der Waals surface area contributed by atoms with E-state index in [2.05, 4.69) is 5.32 Å². The third-order valence-corrected chi connectivity index (χ3v) is 4.15. The number of carbonyl (C=O) groups is 1. The molecule has 3 N–H and O–H groups in total. The molecule has 0 radical (unpaired) electrons. The monoisotopic (exact) mass is 334 g/mol. The standard InChI is InChI=1S/C12H21F3N2OS.ClH/c1-19-7-6-10(16)11(18)17-9-4-2-8(3-5-9)12(13,14)15;/h8-10H,2-7,16H2,1H3,(H,17,18);1H/t8?,9?,10-;/m0./s1. The molecule has 0 aromatic carbocycles. The average Bonchev–Trinajstić information content (AvgIpc) is 2.35. The Kier molecular flexibility index (Phi) is 8.93. The van der Waals surface area contributed by atoms with Crippen LogP contribution in [0.4, 0.5) is 13.2 Å². The van der Waals surface area contributed by atoms with Crippen LogP contribution in [-0.4, -0.2) is 36.2 Å². The van der Waals surface area contributed by atoms with Crippen LogP contribution in [0.5, 0.6) is 0 Å². The van der Waals surface area contributed by atoms with Gasteiger partial charge in [-0.1, -0.05) is 0 Å². The number of halogens is 4. The number of nitrogens with one attached hydrogen (secondary N) is 1. The first kappa shape index (κ1) is 19.9. The topological polar surface area (TPSA) is 55.1 Å². The summed E-state index contributed by atoms with van der Waals surface area (Å²) in [4.78, 5) is 11.7. The zero-order valence-electron chi connectivity index (χ0n) is 11.4. The van der Waals surface area contributed by atoms with Crippen molar-refractivity contribution in [2.45, 2.75) is 50.4 Å². The molecular formula is C12H22ClF3N2OS. The number of thioether (sulfide) groups is 1. The molecule has 0 aromatic heterocycles. The van der Waals surface area contributed by atoms with Crippen molar-refractivity contribution in [3.8, 4) is 0 Å². The molecule has 1 amide bonds. The van der Waals surface area contributed by atoms with E-state index >= 15 is 0 Å². The van der Waals surface area contributed by atoms with E-state index in [1.165, 1.54) is 0 Å². The van der Waals surface area contributed by atoms with Crippen molar-refractivity contribution in [2.24, 2.45) is 11.7 Å². The fourth-order valence-corrected chi connectivity index (χ4v) is 2.74. The third-order valence-electron chi connectivity index (χ3n) is 3.51. The van der Waals surface area contributed by atoms with Gasteiger partial charge in [0.05, 0.1) is 12.0 Å². The summed E-state index contributed by atoms with van der Waals surface area (Å²) >= 11 is 1.61. The van der Waals surface area contributed by atoms with Crippen LogP contribution in [-0.2, 0) is 4.79 Å². The van der Waals surface area contributed by atoms with Gasteiger partial charge < -0.3 is 11.1 Å². The van der Waals surface area contributed by atoms with E-state index in [9.17, 15) is 18.0 Å². The third kappa shape index (κ3) is 6.54. The van der Waals surface area contributed by atoms with E-state index in [1.807, 2.05) is 6.26 Å². The summed E-state index contributed by atoms with van der Waals surface area (Å²) in [7, 11) is 0. The highest BCUT2D eigenvalue weighted by molar-refractivity contribution is 7.98. The Morgan fingerprint density at radius 1 is 1.35 bits per heavy atom. The largest absolute Gasteiger partial charge is 0.391 e. The quantitative estimate of drug-likeness (QED) is 0.813. The zero-order chi connectivity index (χ0) is 14.5. The van der Waals surface area contributed by atoms with E-state index < -0.39 is 18.1 Å². The fraction of sp³-hybridized carbons (Fsp3) is 0.917. The molecule has 1 aliphatic rings. The summed E-state index contributed by atoms with van der Waals surface area (Å²) in [6.07, 6.45) is -0.642. The van der Waals surface area contributed by atoms with Gasteiger partial charge in [-0.15, -0.1) is 12.4 Å². The molecule has 1 rings (SSSR count). The van der Waals surface area contributed by atoms with Crippen LogP contribution in [0.15, 0.2) is 0 Å². The molecule has 20 heavy (non-hydrogen) atoms. The van der Waals surface area contributed by atoms with Gasteiger partial charge in [-0.2, -0.15) is 24.9 Å². The number of hydrogen-bond acceptors (Lipinski definition) is 3. The van der Waals surface area contributed by atoms with Crippen LogP contribution < -0.4 is 11.1 Å². The highest BCUT2D eigenvalue weighted by Crippen LogP contribution is 2.37. The van der Waals surface area contributed by atoms with E-state index in [-0.39, 0.29) is 37.2 Å². The molecule has 0 aliphatic heterocycles. The summed E-state index contributed by atoms with van der Waals surface area (Å²) in [6, 6.07) is -0.723. The first-order valence-corrected chi connectivity index (χ1v) is 7.85. The van der Waals surface area contributed by atoms with Crippen molar-refractivity contribution in [3.63, 3.8) is 0 Å². The predicted octanol–water partition coefficient (Wildman–Crippen LogP) is 2.73. The summed E-state index contributed by atoms with van der Waals surface area (Å²) < 4.78 is 37.5. The highest BCUT2D eigenvalue weighted by atomic mass is 35.5. The molecule has 0 bridgehead atoms. The van der Waals surface area contributed by atoms with Gasteiger partial charge in [0, 0.05) is 6.04 Å². The molecule has 0 spiro atoms. The molecule has 8 heteroatoms. The number of alkyl halides is 3. The second-order valence-corrected chi connectivity index (χ2v) is 5.97. The summed E-state index contributed by atoms with van der Waals surface area (Å²) in [6.45, 7) is 0. The fourth-order valence-electron chi connectivity index (χ4n) is 2.25. The van der Waals surface area contributed by atoms with Crippen LogP contribution in [0.3, 0.4) is 0 Å². The van der Waals surface area contributed by atoms with Gasteiger partial charge in [-0.05, 0) is 44.1 Å². The normalized spacial score (nSPS) is 24.6. The maximum Gasteiger partial charge on any atom is 0.391 e. The highest BCUT2D eigenvalue weighted by Gasteiger charge is 2.41. The average molecular weight is 335 g/mol. The van der Waals surface area contributed by atoms with Crippen molar-refractivity contribution >= 4 is 30.1 Å². The Hall–Kier alpha value is -0.140. The van der Waals surface area contributed by atoms with E-state index in [0.717, 1.165) is 5.75 Å². The molecule has 1 fully saturated rings. The van der Waals surface area contributed by atoms with Crippen molar-refractivity contribution in [1.82, 2.24) is 5.32 Å². The summed E-state index contributed by atoms with van der Waals surface area (Å²) in [5, 5.41) is 2.76. The van der Waals surface area contributed by atoms with E-state index in [4.69, 9.17) is 5.73 Å². The van der Waals surface area contributed by atoms with Crippen molar-refractivity contribution < 1.29 is 18.0 Å². The molecular weight excluding hydrogens is 313 g/mol. The molecule has 1 aliphatic carbocycles. The molecule has 0 aromatic rings. The van der Waals surface area contributed by atoms with Crippen molar-refractivity contribution in [3.05, 3.63) is 0 Å². The van der Waals surface area contributed by atoms with Crippen LogP contribution in [0, 0.1) is 5.92 Å². The molecule has 0 saturated heterocycles. The summed E-state index contributed by atoms with van der Waals surface area (Å²) in [5.41, 5.74) is 5.71. The molecule has 3 nitrogen and oxygen atoms in total. The Labute approximate surface area is 128 Å². The number of carbonyl (C=O) groups excluding carboxylic acids is 1. The Morgan fingerprint density at radius 3 is 2.35 bits per heavy atom. The van der Waals surface area contributed by atoms with E-state index in [0.29, 0.717) is 19.3 Å². The Morgan fingerprint density at radius 2 is 1.90 bits per heavy atom. The van der Waals surface area contributed by atoms with Gasteiger partial charge in [-0.3, -0.25) is 4.79 Å². The Balaban J connectivity index is 0.00000361. The number of amides is 1. The van der Waals surface area contributed by atoms with Gasteiger partial charge in [0.15, 0.2) is 0 Å². The minimum absolute atomic E-state index is 0. The lowest BCUT2D eigenvalue weighted by molar-refractivity contribution is -0.182. The second-order valence-electron chi connectivity index (χ2n) is 4.99. The lowest BCUT2D eigenvalue weighted by Crippen LogP contribution is -2.47. The van der Waals surface area contributed by atoms with Gasteiger partial charge in [0.25, 0.3) is 0 Å². The Bertz CT molecular complexity index is 297. The molecule has 0 unspecified atom stereocenters. The number of hydrogen-bond donors (Lipinski definition) is 2. The molecule has 120 valence electrons. The van der Waals surface area contributed by atoms with Gasteiger partial charge >= 0.3 is 6.18 Å². The maximum absolute atomic E-state index is 12.5. The SMILES string of the molecule is CSCC[C@H](N)C(=O)NC1CCC(C(F)(F)F)CC1.Cl. The predicted molar refractivity (Wildman–Crippen MR) is 78.2 cm³/mol. The first-order chi connectivity index (χ1) is 8.84. The van der Waals surface area contributed by atoms with Gasteiger partial charge in [-0.25, -0.2) is 0 Å². The van der Waals surface area contributed by atoms with E-state index in [1.54, 1.807) is 11.8 Å². The number of nitrogens with two attached hydrogens (primary N) is 1. The lowest BCUT2D eigenvalue weighted by atomic mass is 9.85. The minimum atomic E-state index is -4.11. The van der Waals surface area contributed by atoms with Crippen LogP contribution in [0.25, 0.3) is 0 Å². The van der Waals surface area contributed by atoms with Crippen LogP contribution in [0.1, 0.15) is 32.1 Å². The molecule has 1 saturated carbocycles. The summed E-state index contributed by atoms with van der Waals surface area (Å²) in [5.74, 6) is -0.662. The van der Waals surface area contributed by atoms with Crippen molar-refractivity contribution in [1.29, 1.82) is 0 Å². The molecule has 0 heterocycles. The zero-order valence-corrected chi connectivity index (χ0v) is 13.0. The lowest BCUT2D eigenvalue weighted by Gasteiger charge is -2.30. The van der Waals surface area contributed by atoms with Gasteiger partial charge in [0.2, 0.25) is 5.91 Å². The van der Waals surface area contributed by atoms with Crippen LogP contribution >= 0.6 is 24.2 Å².